The van der Waals surface area contributed by atoms with Gasteiger partial charge >= 0.3 is 0 Å². The van der Waals surface area contributed by atoms with E-state index in [0.29, 0.717) is 11.5 Å². The number of nitrogens with one attached hydrogen (secondary N) is 1. The number of benzene rings is 2. The quantitative estimate of drug-likeness (QED) is 0.752. The van der Waals surface area contributed by atoms with Crippen molar-refractivity contribution in [1.29, 1.82) is 0 Å². The summed E-state index contributed by atoms with van der Waals surface area (Å²) in [6.45, 7) is 4.02. The number of furan rings is 1. The molecule has 0 saturated carbocycles. The number of carbonyl (C=O) groups excluding carboxylic acids is 1. The summed E-state index contributed by atoms with van der Waals surface area (Å²) in [6.07, 6.45) is 0. The minimum Gasteiger partial charge on any atom is -0.451 e. The first-order valence-electron chi connectivity index (χ1n) is 7.17. The van der Waals surface area contributed by atoms with Crippen LogP contribution in [-0.4, -0.2) is 5.91 Å². The molecule has 1 heterocycles. The van der Waals surface area contributed by atoms with Gasteiger partial charge in [0.25, 0.3) is 5.91 Å². The normalized spacial score (nSPS) is 10.5. The van der Waals surface area contributed by atoms with Crippen molar-refractivity contribution in [1.82, 2.24) is 0 Å². The Morgan fingerprint density at radius 1 is 0.909 bits per heavy atom. The molecular formula is C19H17NO2. The summed E-state index contributed by atoms with van der Waals surface area (Å²) in [5.41, 5.74) is 4.00. The van der Waals surface area contributed by atoms with Gasteiger partial charge in [-0.15, -0.1) is 0 Å². The number of rotatable bonds is 3. The molecule has 2 aromatic carbocycles. The maximum atomic E-state index is 12.2. The number of amides is 1. The predicted molar refractivity (Wildman–Crippen MR) is 88.0 cm³/mol. The molecule has 0 aliphatic rings. The summed E-state index contributed by atoms with van der Waals surface area (Å²) in [5, 5.41) is 2.84. The van der Waals surface area contributed by atoms with Crippen LogP contribution >= 0.6 is 0 Å². The van der Waals surface area contributed by atoms with Crippen LogP contribution in [0.3, 0.4) is 0 Å². The van der Waals surface area contributed by atoms with Crippen molar-refractivity contribution in [3.05, 3.63) is 77.6 Å². The zero-order valence-corrected chi connectivity index (χ0v) is 12.6. The molecule has 3 rings (SSSR count). The molecule has 3 heteroatoms. The molecule has 1 amide bonds. The van der Waals surface area contributed by atoms with Crippen molar-refractivity contribution in [2.24, 2.45) is 0 Å². The average Bonchev–Trinajstić information content (AvgIpc) is 2.98. The van der Waals surface area contributed by atoms with Crippen LogP contribution in [-0.2, 0) is 0 Å². The number of hydrogen-bond acceptors (Lipinski definition) is 2. The Morgan fingerprint density at radius 2 is 1.68 bits per heavy atom. The lowest BCUT2D eigenvalue weighted by atomic mass is 10.1. The summed E-state index contributed by atoms with van der Waals surface area (Å²) < 4.78 is 5.66. The van der Waals surface area contributed by atoms with Crippen LogP contribution in [0, 0.1) is 13.8 Å². The van der Waals surface area contributed by atoms with Gasteiger partial charge in [-0.05, 0) is 43.7 Å². The Morgan fingerprint density at radius 3 is 2.41 bits per heavy atom. The first kappa shape index (κ1) is 14.1. The lowest BCUT2D eigenvalue weighted by Gasteiger charge is -2.04. The van der Waals surface area contributed by atoms with Gasteiger partial charge in [-0.3, -0.25) is 4.79 Å². The van der Waals surface area contributed by atoms with Crippen molar-refractivity contribution in [2.75, 3.05) is 5.32 Å². The monoisotopic (exact) mass is 291 g/mol. The van der Waals surface area contributed by atoms with Crippen molar-refractivity contribution in [2.45, 2.75) is 13.8 Å². The lowest BCUT2D eigenvalue weighted by Crippen LogP contribution is -2.10. The highest BCUT2D eigenvalue weighted by molar-refractivity contribution is 6.02. The summed E-state index contributed by atoms with van der Waals surface area (Å²) in [7, 11) is 0. The Labute approximate surface area is 129 Å². The van der Waals surface area contributed by atoms with E-state index in [2.05, 4.69) is 5.32 Å². The minimum absolute atomic E-state index is 0.246. The molecule has 0 fully saturated rings. The molecule has 0 spiro atoms. The molecule has 0 bridgehead atoms. The van der Waals surface area contributed by atoms with Crippen LogP contribution in [0.2, 0.25) is 0 Å². The fraction of sp³-hybridized carbons (Fsp3) is 0.105. The van der Waals surface area contributed by atoms with E-state index < -0.39 is 0 Å². The van der Waals surface area contributed by atoms with Crippen molar-refractivity contribution >= 4 is 11.6 Å². The summed E-state index contributed by atoms with van der Waals surface area (Å²) in [4.78, 5) is 12.2. The second kappa shape index (κ2) is 5.90. The molecule has 0 aliphatic carbocycles. The van der Waals surface area contributed by atoms with E-state index in [0.717, 1.165) is 16.8 Å². The molecule has 3 nitrogen and oxygen atoms in total. The van der Waals surface area contributed by atoms with E-state index in [9.17, 15) is 4.79 Å². The van der Waals surface area contributed by atoms with Crippen molar-refractivity contribution < 1.29 is 9.21 Å². The van der Waals surface area contributed by atoms with E-state index in [4.69, 9.17) is 4.42 Å². The Bertz CT molecular complexity index is 800. The van der Waals surface area contributed by atoms with Gasteiger partial charge in [-0.1, -0.05) is 42.0 Å². The Kier molecular flexibility index (Phi) is 3.79. The Hall–Kier alpha value is -2.81. The van der Waals surface area contributed by atoms with E-state index in [1.807, 2.05) is 68.4 Å². The van der Waals surface area contributed by atoms with Gasteiger partial charge in [0, 0.05) is 11.3 Å². The second-order valence-electron chi connectivity index (χ2n) is 5.35. The first-order valence-corrected chi connectivity index (χ1v) is 7.17. The molecule has 0 atom stereocenters. The lowest BCUT2D eigenvalue weighted by molar-refractivity contribution is 0.0997. The standard InChI is InChI=1S/C19H17NO2/c1-13-6-8-15(9-7-13)17-10-11-18(22-17)19(21)20-16-5-3-4-14(2)12-16/h3-12H,1-2H3,(H,20,21). The molecule has 22 heavy (non-hydrogen) atoms. The first-order chi connectivity index (χ1) is 10.6. The summed E-state index contributed by atoms with van der Waals surface area (Å²) in [5.74, 6) is 0.746. The van der Waals surface area contributed by atoms with Crippen molar-refractivity contribution in [3.8, 4) is 11.3 Å². The van der Waals surface area contributed by atoms with Gasteiger partial charge in [0.1, 0.15) is 5.76 Å². The maximum Gasteiger partial charge on any atom is 0.291 e. The molecular weight excluding hydrogens is 274 g/mol. The van der Waals surface area contributed by atoms with Gasteiger partial charge in [0.2, 0.25) is 0 Å². The highest BCUT2D eigenvalue weighted by Gasteiger charge is 2.12. The third-order valence-electron chi connectivity index (χ3n) is 3.44. The zero-order chi connectivity index (χ0) is 15.5. The molecule has 0 radical (unpaired) electrons. The topological polar surface area (TPSA) is 42.2 Å². The number of hydrogen-bond donors (Lipinski definition) is 1. The molecule has 110 valence electrons. The zero-order valence-electron chi connectivity index (χ0n) is 12.6. The second-order valence-corrected chi connectivity index (χ2v) is 5.35. The van der Waals surface area contributed by atoms with Gasteiger partial charge in [-0.25, -0.2) is 0 Å². The van der Waals surface area contributed by atoms with Crippen LogP contribution in [0.15, 0.2) is 65.1 Å². The number of anilines is 1. The molecule has 1 aromatic heterocycles. The summed E-state index contributed by atoms with van der Waals surface area (Å²) >= 11 is 0. The predicted octanol–water partition coefficient (Wildman–Crippen LogP) is 4.82. The van der Waals surface area contributed by atoms with E-state index in [1.54, 1.807) is 6.07 Å². The van der Waals surface area contributed by atoms with Gasteiger partial charge < -0.3 is 9.73 Å². The van der Waals surface area contributed by atoms with Crippen LogP contribution in [0.5, 0.6) is 0 Å². The SMILES string of the molecule is Cc1ccc(-c2ccc(C(=O)Nc3cccc(C)c3)o2)cc1. The van der Waals surface area contributed by atoms with Gasteiger partial charge in [0.05, 0.1) is 0 Å². The van der Waals surface area contributed by atoms with E-state index in [1.165, 1.54) is 5.56 Å². The third kappa shape index (κ3) is 3.09. The molecule has 3 aromatic rings. The van der Waals surface area contributed by atoms with Gasteiger partial charge in [0.15, 0.2) is 5.76 Å². The fourth-order valence-corrected chi connectivity index (χ4v) is 2.25. The third-order valence-corrected chi connectivity index (χ3v) is 3.44. The van der Waals surface area contributed by atoms with Crippen LogP contribution in [0.4, 0.5) is 5.69 Å². The van der Waals surface area contributed by atoms with Crippen LogP contribution < -0.4 is 5.32 Å². The van der Waals surface area contributed by atoms with Gasteiger partial charge in [-0.2, -0.15) is 0 Å². The number of aryl methyl sites for hydroxylation is 2. The highest BCUT2D eigenvalue weighted by atomic mass is 16.3. The van der Waals surface area contributed by atoms with E-state index in [-0.39, 0.29) is 5.91 Å². The molecule has 0 saturated heterocycles. The summed E-state index contributed by atoms with van der Waals surface area (Å²) in [6, 6.07) is 19.2. The average molecular weight is 291 g/mol. The van der Waals surface area contributed by atoms with Crippen LogP contribution in [0.1, 0.15) is 21.7 Å². The molecule has 1 N–H and O–H groups in total. The van der Waals surface area contributed by atoms with Crippen molar-refractivity contribution in [3.63, 3.8) is 0 Å². The highest BCUT2D eigenvalue weighted by Crippen LogP contribution is 2.23. The maximum absolute atomic E-state index is 12.2. The Balaban J connectivity index is 1.78. The minimum atomic E-state index is -0.246. The fourth-order valence-electron chi connectivity index (χ4n) is 2.25. The largest absolute Gasteiger partial charge is 0.451 e. The molecule has 0 aliphatic heterocycles. The van der Waals surface area contributed by atoms with E-state index >= 15 is 0 Å². The number of carbonyl (C=O) groups is 1. The molecule has 0 unspecified atom stereocenters. The van der Waals surface area contributed by atoms with Crippen LogP contribution in [0.25, 0.3) is 11.3 Å². The smallest absolute Gasteiger partial charge is 0.291 e.